The van der Waals surface area contributed by atoms with Crippen LogP contribution in [0.2, 0.25) is 0 Å². The highest BCUT2D eigenvalue weighted by atomic mass is 32.1. The summed E-state index contributed by atoms with van der Waals surface area (Å²) in [4.78, 5) is 6.72. The summed E-state index contributed by atoms with van der Waals surface area (Å²) >= 11 is 5.32. The van der Waals surface area contributed by atoms with E-state index in [1.165, 1.54) is 5.56 Å². The average molecular weight is 328 g/mol. The van der Waals surface area contributed by atoms with Crippen molar-refractivity contribution >= 4 is 28.8 Å². The van der Waals surface area contributed by atoms with Crippen LogP contribution in [0.5, 0.6) is 0 Å². The number of hydrogen-bond acceptors (Lipinski definition) is 4. The number of ether oxygens (including phenoxy) is 1. The lowest BCUT2D eigenvalue weighted by atomic mass is 10.2. The normalized spacial score (nSPS) is 14.3. The Morgan fingerprint density at radius 3 is 2.61 bits per heavy atom. The zero-order chi connectivity index (χ0) is 15.9. The molecule has 2 N–H and O–H groups in total. The SMILES string of the molecule is S=C(NCc1ccccc1)Nc1ccc(N2CCOCC2)nc1. The van der Waals surface area contributed by atoms with Gasteiger partial charge in [-0.05, 0) is 29.9 Å². The molecule has 3 rings (SSSR count). The van der Waals surface area contributed by atoms with Gasteiger partial charge >= 0.3 is 0 Å². The van der Waals surface area contributed by atoms with E-state index >= 15 is 0 Å². The topological polar surface area (TPSA) is 49.4 Å². The Hall–Kier alpha value is -2.18. The van der Waals surface area contributed by atoms with Crippen LogP contribution in [-0.4, -0.2) is 36.4 Å². The minimum Gasteiger partial charge on any atom is -0.378 e. The number of anilines is 2. The molecule has 2 aromatic rings. The number of thiocarbonyl (C=S) groups is 1. The van der Waals surface area contributed by atoms with Crippen molar-refractivity contribution in [3.63, 3.8) is 0 Å². The molecule has 1 aromatic carbocycles. The highest BCUT2D eigenvalue weighted by molar-refractivity contribution is 7.80. The predicted octanol–water partition coefficient (Wildman–Crippen LogP) is 2.40. The van der Waals surface area contributed by atoms with Crippen molar-refractivity contribution in [2.75, 3.05) is 36.5 Å². The average Bonchev–Trinajstić information content (AvgIpc) is 2.62. The van der Waals surface area contributed by atoms with E-state index in [-0.39, 0.29) is 0 Å². The molecule has 0 saturated carbocycles. The molecule has 23 heavy (non-hydrogen) atoms. The van der Waals surface area contributed by atoms with E-state index in [1.807, 2.05) is 30.3 Å². The van der Waals surface area contributed by atoms with Crippen molar-refractivity contribution in [1.82, 2.24) is 10.3 Å². The number of nitrogens with one attached hydrogen (secondary N) is 2. The van der Waals surface area contributed by atoms with Crippen LogP contribution in [0.25, 0.3) is 0 Å². The molecule has 5 nitrogen and oxygen atoms in total. The Morgan fingerprint density at radius 1 is 1.13 bits per heavy atom. The molecule has 0 radical (unpaired) electrons. The van der Waals surface area contributed by atoms with Gasteiger partial charge in [0, 0.05) is 19.6 Å². The Bertz CT molecular complexity index is 627. The summed E-state index contributed by atoms with van der Waals surface area (Å²) in [6.07, 6.45) is 1.81. The lowest BCUT2D eigenvalue weighted by Gasteiger charge is -2.27. The van der Waals surface area contributed by atoms with E-state index in [0.29, 0.717) is 11.7 Å². The maximum atomic E-state index is 5.35. The van der Waals surface area contributed by atoms with Gasteiger partial charge in [0.1, 0.15) is 5.82 Å². The van der Waals surface area contributed by atoms with Gasteiger partial charge in [0.25, 0.3) is 0 Å². The third-order valence-electron chi connectivity index (χ3n) is 3.64. The van der Waals surface area contributed by atoms with E-state index in [0.717, 1.165) is 37.8 Å². The minimum absolute atomic E-state index is 0.592. The van der Waals surface area contributed by atoms with Gasteiger partial charge in [-0.3, -0.25) is 0 Å². The summed E-state index contributed by atoms with van der Waals surface area (Å²) in [6.45, 7) is 3.99. The number of pyridine rings is 1. The molecule has 1 aliphatic heterocycles. The fourth-order valence-corrected chi connectivity index (χ4v) is 2.58. The minimum atomic E-state index is 0.592. The van der Waals surface area contributed by atoms with Crippen LogP contribution in [-0.2, 0) is 11.3 Å². The second kappa shape index (κ2) is 7.89. The first-order valence-electron chi connectivity index (χ1n) is 7.69. The van der Waals surface area contributed by atoms with E-state index in [2.05, 4.69) is 32.7 Å². The van der Waals surface area contributed by atoms with E-state index in [4.69, 9.17) is 17.0 Å². The fraction of sp³-hybridized carbons (Fsp3) is 0.294. The van der Waals surface area contributed by atoms with Gasteiger partial charge in [-0.2, -0.15) is 0 Å². The highest BCUT2D eigenvalue weighted by Crippen LogP contribution is 2.15. The summed E-state index contributed by atoms with van der Waals surface area (Å²) in [5, 5.41) is 6.94. The molecule has 0 amide bonds. The van der Waals surface area contributed by atoms with Crippen molar-refractivity contribution in [3.05, 3.63) is 54.2 Å². The van der Waals surface area contributed by atoms with E-state index in [1.54, 1.807) is 6.20 Å². The van der Waals surface area contributed by atoms with Crippen molar-refractivity contribution in [2.45, 2.75) is 6.54 Å². The molecular formula is C17H20N4OS. The molecule has 0 aliphatic carbocycles. The lowest BCUT2D eigenvalue weighted by Crippen LogP contribution is -2.36. The van der Waals surface area contributed by atoms with E-state index < -0.39 is 0 Å². The van der Waals surface area contributed by atoms with E-state index in [9.17, 15) is 0 Å². The largest absolute Gasteiger partial charge is 0.378 e. The summed E-state index contributed by atoms with van der Waals surface area (Å²) < 4.78 is 5.35. The molecule has 0 spiro atoms. The van der Waals surface area contributed by atoms with Gasteiger partial charge in [0.2, 0.25) is 0 Å². The Kier molecular flexibility index (Phi) is 5.39. The van der Waals surface area contributed by atoms with Gasteiger partial charge < -0.3 is 20.3 Å². The summed E-state index contributed by atoms with van der Waals surface area (Å²) in [7, 11) is 0. The zero-order valence-electron chi connectivity index (χ0n) is 12.9. The monoisotopic (exact) mass is 328 g/mol. The highest BCUT2D eigenvalue weighted by Gasteiger charge is 2.11. The van der Waals surface area contributed by atoms with Crippen LogP contribution in [0.4, 0.5) is 11.5 Å². The number of morpholine rings is 1. The molecule has 0 atom stereocenters. The summed E-state index contributed by atoms with van der Waals surface area (Å²) in [5.74, 6) is 0.974. The van der Waals surface area contributed by atoms with Crippen molar-refractivity contribution in [3.8, 4) is 0 Å². The molecule has 1 saturated heterocycles. The van der Waals surface area contributed by atoms with Gasteiger partial charge in [0.05, 0.1) is 25.1 Å². The van der Waals surface area contributed by atoms with Gasteiger partial charge in [-0.25, -0.2) is 4.98 Å². The molecule has 1 aromatic heterocycles. The molecule has 1 aliphatic rings. The number of aromatic nitrogens is 1. The molecule has 1 fully saturated rings. The van der Waals surface area contributed by atoms with Crippen molar-refractivity contribution < 1.29 is 4.74 Å². The second-order valence-electron chi connectivity index (χ2n) is 5.30. The number of nitrogens with zero attached hydrogens (tertiary/aromatic N) is 2. The standard InChI is InChI=1S/C17H20N4OS/c23-17(19-12-14-4-2-1-3-5-14)20-15-6-7-16(18-13-15)21-8-10-22-11-9-21/h1-7,13H,8-12H2,(H2,19,20,23). The maximum Gasteiger partial charge on any atom is 0.171 e. The number of rotatable bonds is 4. The maximum absolute atomic E-state index is 5.35. The first kappa shape index (κ1) is 15.7. The van der Waals surface area contributed by atoms with Gasteiger partial charge in [-0.15, -0.1) is 0 Å². The van der Waals surface area contributed by atoms with Crippen LogP contribution in [0, 0.1) is 0 Å². The van der Waals surface area contributed by atoms with Crippen LogP contribution < -0.4 is 15.5 Å². The molecule has 6 heteroatoms. The fourth-order valence-electron chi connectivity index (χ4n) is 2.39. The Morgan fingerprint density at radius 2 is 1.91 bits per heavy atom. The van der Waals surface area contributed by atoms with Crippen LogP contribution in [0.3, 0.4) is 0 Å². The molecule has 120 valence electrons. The van der Waals surface area contributed by atoms with Gasteiger partial charge in [-0.1, -0.05) is 30.3 Å². The Balaban J connectivity index is 1.50. The first-order valence-corrected chi connectivity index (χ1v) is 8.09. The van der Waals surface area contributed by atoms with Crippen LogP contribution in [0.1, 0.15) is 5.56 Å². The second-order valence-corrected chi connectivity index (χ2v) is 5.71. The number of hydrogen-bond donors (Lipinski definition) is 2. The molecule has 0 unspecified atom stereocenters. The molecule has 2 heterocycles. The molecule has 0 bridgehead atoms. The predicted molar refractivity (Wildman–Crippen MR) is 96.8 cm³/mol. The zero-order valence-corrected chi connectivity index (χ0v) is 13.7. The summed E-state index contributed by atoms with van der Waals surface area (Å²) in [6, 6.07) is 14.2. The summed E-state index contributed by atoms with van der Waals surface area (Å²) in [5.41, 5.74) is 2.07. The smallest absolute Gasteiger partial charge is 0.171 e. The van der Waals surface area contributed by atoms with Crippen molar-refractivity contribution in [2.24, 2.45) is 0 Å². The first-order chi connectivity index (χ1) is 11.3. The van der Waals surface area contributed by atoms with Crippen LogP contribution >= 0.6 is 12.2 Å². The van der Waals surface area contributed by atoms with Gasteiger partial charge in [0.15, 0.2) is 5.11 Å². The third kappa shape index (κ3) is 4.64. The van der Waals surface area contributed by atoms with Crippen molar-refractivity contribution in [1.29, 1.82) is 0 Å². The quantitative estimate of drug-likeness (QED) is 0.841. The molecular weight excluding hydrogens is 308 g/mol. The third-order valence-corrected chi connectivity index (χ3v) is 3.88. The van der Waals surface area contributed by atoms with Crippen LogP contribution in [0.15, 0.2) is 48.7 Å². The Labute approximate surface area is 141 Å². The lowest BCUT2D eigenvalue weighted by molar-refractivity contribution is 0.122. The number of benzene rings is 1.